The second-order valence-corrected chi connectivity index (χ2v) is 8.37. The first-order chi connectivity index (χ1) is 17.0. The molecule has 0 spiro atoms. The molecule has 1 N–H and O–H groups in total. The van der Waals surface area contributed by atoms with E-state index in [1.54, 1.807) is 36.3 Å². The van der Waals surface area contributed by atoms with Crippen LogP contribution in [0.3, 0.4) is 0 Å². The molecule has 3 aromatic carbocycles. The van der Waals surface area contributed by atoms with Crippen LogP contribution in [0.2, 0.25) is 0 Å². The van der Waals surface area contributed by atoms with Gasteiger partial charge in [-0.2, -0.15) is 0 Å². The van der Waals surface area contributed by atoms with Gasteiger partial charge in [0.2, 0.25) is 0 Å². The molecule has 0 saturated carbocycles. The van der Waals surface area contributed by atoms with Crippen LogP contribution in [0.15, 0.2) is 84.4 Å². The van der Waals surface area contributed by atoms with E-state index in [4.69, 9.17) is 9.47 Å². The molecule has 3 aromatic rings. The number of hydrogen-bond acceptors (Lipinski definition) is 5. The standard InChI is InChI=1S/C29H29NO5/c1-3-19-35-24-15-9-21(10-16-24)26-25(27(31)22-11-13-23(34-2)14-12-22)28(32)29(33)30(26)18-17-20-7-5-4-6-8-20/h4-16,26,31H,3,17-19H2,1-2H3. The molecular formula is C29H29NO5. The van der Waals surface area contributed by atoms with Crippen LogP contribution in [0.1, 0.15) is 36.1 Å². The van der Waals surface area contributed by atoms with Crippen LogP contribution >= 0.6 is 0 Å². The van der Waals surface area contributed by atoms with Gasteiger partial charge in [0.25, 0.3) is 11.7 Å². The molecule has 4 rings (SSSR count). The van der Waals surface area contributed by atoms with Crippen molar-refractivity contribution < 1.29 is 24.2 Å². The largest absolute Gasteiger partial charge is 0.507 e. The zero-order valence-corrected chi connectivity index (χ0v) is 19.9. The Balaban J connectivity index is 1.74. The van der Waals surface area contributed by atoms with Crippen molar-refractivity contribution >= 4 is 17.4 Å². The monoisotopic (exact) mass is 471 g/mol. The van der Waals surface area contributed by atoms with E-state index < -0.39 is 17.7 Å². The predicted molar refractivity (Wildman–Crippen MR) is 134 cm³/mol. The van der Waals surface area contributed by atoms with E-state index in [9.17, 15) is 14.7 Å². The van der Waals surface area contributed by atoms with Crippen molar-refractivity contribution in [1.29, 1.82) is 0 Å². The molecule has 1 fully saturated rings. The fourth-order valence-corrected chi connectivity index (χ4v) is 4.22. The molecule has 1 atom stereocenters. The fraction of sp³-hybridized carbons (Fsp3) is 0.241. The number of ketones is 1. The second kappa shape index (κ2) is 10.9. The highest BCUT2D eigenvalue weighted by molar-refractivity contribution is 6.46. The lowest BCUT2D eigenvalue weighted by Crippen LogP contribution is -2.31. The van der Waals surface area contributed by atoms with Crippen molar-refractivity contribution in [2.75, 3.05) is 20.3 Å². The van der Waals surface area contributed by atoms with Gasteiger partial charge < -0.3 is 19.5 Å². The van der Waals surface area contributed by atoms with Crippen LogP contribution in [-0.4, -0.2) is 42.0 Å². The van der Waals surface area contributed by atoms with E-state index in [-0.39, 0.29) is 11.3 Å². The minimum absolute atomic E-state index is 0.0791. The molecule has 6 nitrogen and oxygen atoms in total. The number of aliphatic hydroxyl groups is 1. The molecule has 0 aromatic heterocycles. The first-order valence-electron chi connectivity index (χ1n) is 11.7. The topological polar surface area (TPSA) is 76.1 Å². The summed E-state index contributed by atoms with van der Waals surface area (Å²) >= 11 is 0. The van der Waals surface area contributed by atoms with Gasteiger partial charge in [0.15, 0.2) is 0 Å². The third kappa shape index (κ3) is 5.22. The van der Waals surface area contributed by atoms with Crippen LogP contribution in [0.4, 0.5) is 0 Å². The van der Waals surface area contributed by atoms with Crippen molar-refractivity contribution in [3.8, 4) is 11.5 Å². The van der Waals surface area contributed by atoms with Gasteiger partial charge in [-0.05, 0) is 60.4 Å². The Morgan fingerprint density at radius 3 is 2.20 bits per heavy atom. The van der Waals surface area contributed by atoms with Gasteiger partial charge in [-0.25, -0.2) is 0 Å². The van der Waals surface area contributed by atoms with Crippen LogP contribution in [0.5, 0.6) is 11.5 Å². The summed E-state index contributed by atoms with van der Waals surface area (Å²) in [6, 6.07) is 23.2. The Morgan fingerprint density at radius 2 is 1.57 bits per heavy atom. The van der Waals surface area contributed by atoms with Gasteiger partial charge in [0.1, 0.15) is 17.3 Å². The SMILES string of the molecule is CCCOc1ccc(C2C(=C(O)c3ccc(OC)cc3)C(=O)C(=O)N2CCc2ccccc2)cc1. The summed E-state index contributed by atoms with van der Waals surface area (Å²) in [5.41, 5.74) is 2.32. The predicted octanol–water partition coefficient (Wildman–Crippen LogP) is 5.15. The van der Waals surface area contributed by atoms with Crippen LogP contribution in [0, 0.1) is 0 Å². The molecule has 6 heteroatoms. The van der Waals surface area contributed by atoms with E-state index >= 15 is 0 Å². The number of rotatable bonds is 9. The summed E-state index contributed by atoms with van der Waals surface area (Å²) < 4.78 is 10.9. The number of aliphatic hydroxyl groups excluding tert-OH is 1. The number of amides is 1. The Morgan fingerprint density at radius 1 is 0.914 bits per heavy atom. The molecule has 1 amide bonds. The summed E-state index contributed by atoms with van der Waals surface area (Å²) in [4.78, 5) is 27.9. The summed E-state index contributed by atoms with van der Waals surface area (Å²) in [5, 5.41) is 11.2. The summed E-state index contributed by atoms with van der Waals surface area (Å²) in [5.74, 6) is -0.171. The van der Waals surface area contributed by atoms with Crippen molar-refractivity contribution in [3.63, 3.8) is 0 Å². The highest BCUT2D eigenvalue weighted by atomic mass is 16.5. The van der Waals surface area contributed by atoms with Crippen molar-refractivity contribution in [3.05, 3.63) is 101 Å². The fourth-order valence-electron chi connectivity index (χ4n) is 4.22. The number of likely N-dealkylation sites (tertiary alicyclic amines) is 1. The number of ether oxygens (including phenoxy) is 2. The molecule has 0 aliphatic carbocycles. The number of benzene rings is 3. The van der Waals surface area contributed by atoms with Gasteiger partial charge in [0, 0.05) is 12.1 Å². The third-order valence-corrected chi connectivity index (χ3v) is 6.06. The zero-order valence-electron chi connectivity index (χ0n) is 19.9. The lowest BCUT2D eigenvalue weighted by molar-refractivity contribution is -0.139. The molecule has 180 valence electrons. The van der Waals surface area contributed by atoms with E-state index in [1.807, 2.05) is 61.5 Å². The number of hydrogen-bond donors (Lipinski definition) is 1. The second-order valence-electron chi connectivity index (χ2n) is 8.37. The van der Waals surface area contributed by atoms with Crippen LogP contribution < -0.4 is 9.47 Å². The molecule has 1 heterocycles. The number of carbonyl (C=O) groups is 2. The van der Waals surface area contributed by atoms with E-state index in [2.05, 4.69) is 0 Å². The van der Waals surface area contributed by atoms with Crippen LogP contribution in [0.25, 0.3) is 5.76 Å². The van der Waals surface area contributed by atoms with Gasteiger partial charge in [0.05, 0.1) is 25.3 Å². The summed E-state index contributed by atoms with van der Waals surface area (Å²) in [6.07, 6.45) is 1.48. The Kier molecular flexibility index (Phi) is 7.51. The molecule has 1 saturated heterocycles. The van der Waals surface area contributed by atoms with Gasteiger partial charge in [-0.1, -0.05) is 49.4 Å². The number of carbonyl (C=O) groups excluding carboxylic acids is 2. The maximum atomic E-state index is 13.2. The Hall–Kier alpha value is -4.06. The van der Waals surface area contributed by atoms with Gasteiger partial charge in [-0.3, -0.25) is 9.59 Å². The quantitative estimate of drug-likeness (QED) is 0.265. The highest BCUT2D eigenvalue weighted by Crippen LogP contribution is 2.40. The van der Waals surface area contributed by atoms with E-state index in [0.29, 0.717) is 36.6 Å². The minimum atomic E-state index is -0.707. The summed E-state index contributed by atoms with van der Waals surface area (Å²) in [6.45, 7) is 2.98. The number of methoxy groups -OCH3 is 1. The highest BCUT2D eigenvalue weighted by Gasteiger charge is 2.45. The van der Waals surface area contributed by atoms with E-state index in [1.165, 1.54) is 0 Å². The van der Waals surface area contributed by atoms with Gasteiger partial charge in [-0.15, -0.1) is 0 Å². The molecule has 35 heavy (non-hydrogen) atoms. The van der Waals surface area contributed by atoms with Crippen molar-refractivity contribution in [2.45, 2.75) is 25.8 Å². The maximum absolute atomic E-state index is 13.2. The molecule has 0 radical (unpaired) electrons. The Bertz CT molecular complexity index is 1200. The van der Waals surface area contributed by atoms with Gasteiger partial charge >= 0.3 is 0 Å². The average molecular weight is 472 g/mol. The molecular weight excluding hydrogens is 442 g/mol. The minimum Gasteiger partial charge on any atom is -0.507 e. The third-order valence-electron chi connectivity index (χ3n) is 6.06. The zero-order chi connectivity index (χ0) is 24.8. The lowest BCUT2D eigenvalue weighted by Gasteiger charge is -2.25. The van der Waals surface area contributed by atoms with E-state index in [0.717, 1.165) is 17.5 Å². The average Bonchev–Trinajstić information content (AvgIpc) is 3.16. The lowest BCUT2D eigenvalue weighted by atomic mass is 9.95. The Labute approximate surface area is 205 Å². The number of nitrogens with zero attached hydrogens (tertiary/aromatic N) is 1. The first kappa shape index (κ1) is 24.1. The van der Waals surface area contributed by atoms with Crippen LogP contribution in [-0.2, 0) is 16.0 Å². The normalized spacial score (nSPS) is 17.0. The first-order valence-corrected chi connectivity index (χ1v) is 11.7. The summed E-state index contributed by atoms with van der Waals surface area (Å²) in [7, 11) is 1.56. The molecule has 1 unspecified atom stereocenters. The van der Waals surface area contributed by atoms with Crippen molar-refractivity contribution in [1.82, 2.24) is 4.90 Å². The van der Waals surface area contributed by atoms with Crippen molar-refractivity contribution in [2.24, 2.45) is 0 Å². The smallest absolute Gasteiger partial charge is 0.295 e. The molecule has 1 aliphatic heterocycles. The number of Topliss-reactive ketones (excluding diaryl/α,β-unsaturated/α-hetero) is 1. The maximum Gasteiger partial charge on any atom is 0.295 e. The molecule has 0 bridgehead atoms. The molecule has 1 aliphatic rings.